The smallest absolute Gasteiger partial charge is 0.336 e. The van der Waals surface area contributed by atoms with Gasteiger partial charge in [-0.25, -0.2) is 9.59 Å². The second-order valence-electron chi connectivity index (χ2n) is 7.14. The Bertz CT molecular complexity index is 719. The Morgan fingerprint density at radius 1 is 1.36 bits per heavy atom. The molecular weight excluding hydrogens is 328 g/mol. The van der Waals surface area contributed by atoms with Gasteiger partial charge in [0.05, 0.1) is 11.2 Å². The average molecular weight is 350 g/mol. The number of hydrogen-bond acceptors (Lipinski definition) is 7. The fourth-order valence-electron chi connectivity index (χ4n) is 4.02. The van der Waals surface area contributed by atoms with Gasteiger partial charge in [0.25, 0.3) is 0 Å². The lowest BCUT2D eigenvalue weighted by molar-refractivity contribution is -0.238. The van der Waals surface area contributed by atoms with E-state index in [4.69, 9.17) is 9.47 Å². The first kappa shape index (κ1) is 17.8. The SMILES string of the molecule is C/C=C(/C)C(=O)O[C@@H]1C2=C(C)C(=O)O[C@@]2(O)C[C@@]2(O)CCC(=O)C[C@@H]12. The molecule has 25 heavy (non-hydrogen) atoms. The van der Waals surface area contributed by atoms with Crippen LogP contribution < -0.4 is 0 Å². The Kier molecular flexibility index (Phi) is 4.12. The number of Topliss-reactive ketones (excluding diaryl/α,β-unsaturated/α-hetero) is 1. The van der Waals surface area contributed by atoms with Gasteiger partial charge in [-0.1, -0.05) is 6.08 Å². The number of hydrogen-bond donors (Lipinski definition) is 2. The van der Waals surface area contributed by atoms with E-state index in [9.17, 15) is 24.6 Å². The van der Waals surface area contributed by atoms with Crippen molar-refractivity contribution in [2.75, 3.05) is 0 Å². The van der Waals surface area contributed by atoms with Crippen LogP contribution in [0.2, 0.25) is 0 Å². The highest BCUT2D eigenvalue weighted by molar-refractivity contribution is 5.93. The molecule has 136 valence electrons. The standard InChI is InChI=1S/C18H22O7/c1-4-9(2)15(20)24-14-12-7-11(19)5-6-17(12,22)8-18(23)13(14)10(3)16(21)25-18/h4,12,14,22-23H,5-8H2,1-3H3/b9-4-/t12-,14-,17-,18-/m0/s1. The number of rotatable bonds is 2. The second kappa shape index (κ2) is 5.78. The van der Waals surface area contributed by atoms with Gasteiger partial charge in [-0.3, -0.25) is 4.79 Å². The second-order valence-corrected chi connectivity index (χ2v) is 7.14. The summed E-state index contributed by atoms with van der Waals surface area (Å²) in [6.45, 7) is 4.74. The van der Waals surface area contributed by atoms with Crippen LogP contribution in [-0.2, 0) is 23.9 Å². The molecule has 2 N–H and O–H groups in total. The first-order valence-corrected chi connectivity index (χ1v) is 8.36. The lowest BCUT2D eigenvalue weighted by Gasteiger charge is -2.51. The van der Waals surface area contributed by atoms with Gasteiger partial charge in [0.2, 0.25) is 5.79 Å². The van der Waals surface area contributed by atoms with Crippen molar-refractivity contribution in [1.29, 1.82) is 0 Å². The van der Waals surface area contributed by atoms with Gasteiger partial charge in [-0.15, -0.1) is 0 Å². The van der Waals surface area contributed by atoms with Gasteiger partial charge >= 0.3 is 11.9 Å². The molecule has 2 aliphatic carbocycles. The van der Waals surface area contributed by atoms with E-state index in [1.807, 2.05) is 0 Å². The van der Waals surface area contributed by atoms with Gasteiger partial charge < -0.3 is 19.7 Å². The molecule has 7 nitrogen and oxygen atoms in total. The van der Waals surface area contributed by atoms with Gasteiger partial charge in [0, 0.05) is 36.3 Å². The number of ketones is 1. The van der Waals surface area contributed by atoms with Crippen molar-refractivity contribution in [3.63, 3.8) is 0 Å². The molecule has 3 aliphatic rings. The fraction of sp³-hybridized carbons (Fsp3) is 0.611. The number of carbonyl (C=O) groups is 3. The van der Waals surface area contributed by atoms with Crippen molar-refractivity contribution < 1.29 is 34.1 Å². The van der Waals surface area contributed by atoms with Crippen LogP contribution in [-0.4, -0.2) is 45.4 Å². The van der Waals surface area contributed by atoms with Crippen LogP contribution in [0.4, 0.5) is 0 Å². The van der Waals surface area contributed by atoms with Gasteiger partial charge in [-0.2, -0.15) is 0 Å². The predicted molar refractivity (Wildman–Crippen MR) is 85.0 cm³/mol. The van der Waals surface area contributed by atoms with Crippen LogP contribution >= 0.6 is 0 Å². The van der Waals surface area contributed by atoms with E-state index in [0.29, 0.717) is 5.57 Å². The zero-order chi connectivity index (χ0) is 18.6. The summed E-state index contributed by atoms with van der Waals surface area (Å²) in [5.41, 5.74) is -0.813. The van der Waals surface area contributed by atoms with Crippen LogP contribution in [0.1, 0.15) is 46.5 Å². The molecule has 1 heterocycles. The van der Waals surface area contributed by atoms with Gasteiger partial charge in [0.1, 0.15) is 11.9 Å². The van der Waals surface area contributed by atoms with E-state index >= 15 is 0 Å². The summed E-state index contributed by atoms with van der Waals surface area (Å²) in [4.78, 5) is 36.3. The largest absolute Gasteiger partial charge is 0.454 e. The minimum absolute atomic E-state index is 0.0182. The summed E-state index contributed by atoms with van der Waals surface area (Å²) < 4.78 is 10.7. The zero-order valence-corrected chi connectivity index (χ0v) is 14.5. The van der Waals surface area contributed by atoms with E-state index in [0.717, 1.165) is 0 Å². The van der Waals surface area contributed by atoms with Crippen molar-refractivity contribution in [3.8, 4) is 0 Å². The molecule has 7 heteroatoms. The predicted octanol–water partition coefficient (Wildman–Crippen LogP) is 0.930. The van der Waals surface area contributed by atoms with Crippen LogP contribution in [0.5, 0.6) is 0 Å². The summed E-state index contributed by atoms with van der Waals surface area (Å²) in [5.74, 6) is -4.12. The van der Waals surface area contributed by atoms with Gasteiger partial charge in [0.15, 0.2) is 0 Å². The third kappa shape index (κ3) is 2.71. The Balaban J connectivity index is 2.08. The molecule has 1 aliphatic heterocycles. The maximum absolute atomic E-state index is 12.3. The molecule has 3 rings (SSSR count). The summed E-state index contributed by atoms with van der Waals surface area (Å²) in [6.07, 6.45) is 0.565. The summed E-state index contributed by atoms with van der Waals surface area (Å²) in [7, 11) is 0. The van der Waals surface area contributed by atoms with Crippen molar-refractivity contribution in [3.05, 3.63) is 22.8 Å². The molecule has 0 aromatic heterocycles. The molecule has 0 spiro atoms. The summed E-state index contributed by atoms with van der Waals surface area (Å²) in [6, 6.07) is 0. The lowest BCUT2D eigenvalue weighted by atomic mass is 9.62. The minimum atomic E-state index is -2.01. The average Bonchev–Trinajstić information content (AvgIpc) is 2.76. The van der Waals surface area contributed by atoms with E-state index in [1.54, 1.807) is 19.9 Å². The molecule has 0 bridgehead atoms. The topological polar surface area (TPSA) is 110 Å². The first-order chi connectivity index (χ1) is 11.6. The third-order valence-corrected chi connectivity index (χ3v) is 5.55. The summed E-state index contributed by atoms with van der Waals surface area (Å²) >= 11 is 0. The highest BCUT2D eigenvalue weighted by Gasteiger charge is 2.64. The lowest BCUT2D eigenvalue weighted by Crippen LogP contribution is -2.61. The quantitative estimate of drug-likeness (QED) is 0.563. The Morgan fingerprint density at radius 3 is 2.68 bits per heavy atom. The number of carbonyl (C=O) groups excluding carboxylic acids is 3. The fourth-order valence-corrected chi connectivity index (χ4v) is 4.02. The molecule has 4 atom stereocenters. The normalized spacial score (nSPS) is 38.2. The van der Waals surface area contributed by atoms with Crippen LogP contribution in [0, 0.1) is 5.92 Å². The van der Waals surface area contributed by atoms with Crippen LogP contribution in [0.3, 0.4) is 0 Å². The van der Waals surface area contributed by atoms with Crippen LogP contribution in [0.15, 0.2) is 22.8 Å². The Labute approximate surface area is 145 Å². The van der Waals surface area contributed by atoms with E-state index < -0.39 is 35.3 Å². The Hall–Kier alpha value is -1.99. The minimum Gasteiger partial charge on any atom is -0.454 e. The van der Waals surface area contributed by atoms with Gasteiger partial charge in [-0.05, 0) is 27.2 Å². The van der Waals surface area contributed by atoms with Crippen molar-refractivity contribution >= 4 is 17.7 Å². The molecular formula is C18H22O7. The molecule has 0 radical (unpaired) electrons. The molecule has 0 saturated heterocycles. The third-order valence-electron chi connectivity index (χ3n) is 5.55. The van der Waals surface area contributed by atoms with E-state index in [-0.39, 0.29) is 42.6 Å². The zero-order valence-electron chi connectivity index (χ0n) is 14.5. The highest BCUT2D eigenvalue weighted by atomic mass is 16.7. The van der Waals surface area contributed by atoms with Crippen molar-refractivity contribution in [1.82, 2.24) is 0 Å². The van der Waals surface area contributed by atoms with E-state index in [1.165, 1.54) is 6.92 Å². The maximum Gasteiger partial charge on any atom is 0.336 e. The number of allylic oxidation sites excluding steroid dienone is 1. The monoisotopic (exact) mass is 350 g/mol. The van der Waals surface area contributed by atoms with Crippen molar-refractivity contribution in [2.45, 2.75) is 63.9 Å². The summed E-state index contributed by atoms with van der Waals surface area (Å²) in [5, 5.41) is 21.9. The highest BCUT2D eigenvalue weighted by Crippen LogP contribution is 2.53. The number of esters is 2. The molecule has 0 aromatic carbocycles. The molecule has 0 unspecified atom stereocenters. The molecule has 0 amide bonds. The first-order valence-electron chi connectivity index (χ1n) is 8.36. The van der Waals surface area contributed by atoms with E-state index in [2.05, 4.69) is 0 Å². The maximum atomic E-state index is 12.3. The Morgan fingerprint density at radius 2 is 2.04 bits per heavy atom. The molecule has 2 saturated carbocycles. The van der Waals surface area contributed by atoms with Crippen LogP contribution in [0.25, 0.3) is 0 Å². The number of aliphatic hydroxyl groups is 2. The van der Waals surface area contributed by atoms with Crippen molar-refractivity contribution in [2.24, 2.45) is 5.92 Å². The number of fused-ring (bicyclic) bond motifs is 2. The molecule has 0 aromatic rings. The number of ether oxygens (including phenoxy) is 2. The molecule has 2 fully saturated rings.